The fraction of sp³-hybridized carbons (Fsp3) is 0.455. The van der Waals surface area contributed by atoms with Gasteiger partial charge in [-0.1, -0.05) is 0 Å². The third kappa shape index (κ3) is 5.14. The molecule has 10 nitrogen and oxygen atoms in total. The van der Waals surface area contributed by atoms with E-state index in [2.05, 4.69) is 4.90 Å². The molecule has 10 heteroatoms. The number of carbonyl (C=O) groups excluding carboxylic acids is 1. The van der Waals surface area contributed by atoms with Gasteiger partial charge in [-0.3, -0.25) is 14.5 Å². The normalized spacial score (nSPS) is 15.2. The Balaban J connectivity index is 2.09. The van der Waals surface area contributed by atoms with Crippen LogP contribution in [0.4, 0.5) is 0 Å². The topological polar surface area (TPSA) is 128 Å². The number of nitrogens with zero attached hydrogens (tertiary/aromatic N) is 1. The molecule has 0 saturated carbocycles. The van der Waals surface area contributed by atoms with E-state index in [4.69, 9.17) is 23.4 Å². The van der Waals surface area contributed by atoms with Crippen molar-refractivity contribution in [2.75, 3.05) is 47.6 Å². The van der Waals surface area contributed by atoms with Crippen LogP contribution in [0.2, 0.25) is 0 Å². The van der Waals surface area contributed by atoms with Gasteiger partial charge in [-0.25, -0.2) is 0 Å². The van der Waals surface area contributed by atoms with Crippen LogP contribution in [0.25, 0.3) is 0 Å². The number of phenols is 1. The lowest BCUT2D eigenvalue weighted by Gasteiger charge is -2.26. The van der Waals surface area contributed by atoms with Crippen molar-refractivity contribution in [2.24, 2.45) is 0 Å². The molecule has 2 heterocycles. The van der Waals surface area contributed by atoms with E-state index >= 15 is 0 Å². The van der Waals surface area contributed by atoms with E-state index in [0.29, 0.717) is 44.2 Å². The predicted octanol–water partition coefficient (Wildman–Crippen LogP) is 1.60. The Labute approximate surface area is 184 Å². The highest BCUT2D eigenvalue weighted by Crippen LogP contribution is 2.42. The number of benzene rings is 1. The summed E-state index contributed by atoms with van der Waals surface area (Å²) in [7, 11) is 3.98. The van der Waals surface area contributed by atoms with Crippen LogP contribution in [0.3, 0.4) is 0 Å². The van der Waals surface area contributed by atoms with E-state index in [0.717, 1.165) is 0 Å². The average Bonchev–Trinajstić information content (AvgIpc) is 2.80. The van der Waals surface area contributed by atoms with Crippen molar-refractivity contribution in [2.45, 2.75) is 18.9 Å². The number of hydrogen-bond donors (Lipinski definition) is 2. The van der Waals surface area contributed by atoms with Crippen molar-refractivity contribution < 1.29 is 38.4 Å². The van der Waals surface area contributed by atoms with Crippen LogP contribution in [0.15, 0.2) is 27.4 Å². The smallest absolute Gasteiger partial charge is 0.306 e. The standard InChI is InChI=1S/C22H27NO9/c1-28-17-8-13(9-18(29-2)21(17)27)15(11-19(25)30-3)22-20(26)16(24)10-14(32-22)12-23-4-6-31-7-5-23/h8-10,15,26-27H,4-7,11-12H2,1-3H3/t15-/m0/s1. The zero-order valence-corrected chi connectivity index (χ0v) is 18.3. The SMILES string of the molecule is COC(=O)C[C@@H](c1cc(OC)c(O)c(OC)c1)c1oc(CN2CCOCC2)cc(=O)c1O. The zero-order valence-electron chi connectivity index (χ0n) is 18.3. The third-order valence-electron chi connectivity index (χ3n) is 5.30. The lowest BCUT2D eigenvalue weighted by atomic mass is 9.91. The Bertz CT molecular complexity index is 986. The number of carbonyl (C=O) groups is 1. The second kappa shape index (κ2) is 10.4. The summed E-state index contributed by atoms with van der Waals surface area (Å²) in [6.45, 7) is 2.86. The summed E-state index contributed by atoms with van der Waals surface area (Å²) in [6.07, 6.45) is -0.231. The molecule has 1 fully saturated rings. The molecule has 32 heavy (non-hydrogen) atoms. The van der Waals surface area contributed by atoms with Crippen molar-refractivity contribution in [3.63, 3.8) is 0 Å². The summed E-state index contributed by atoms with van der Waals surface area (Å²) in [5.74, 6) is -1.85. The fourth-order valence-corrected chi connectivity index (χ4v) is 3.58. The van der Waals surface area contributed by atoms with Crippen LogP contribution in [-0.2, 0) is 20.8 Å². The quantitative estimate of drug-likeness (QED) is 0.574. The molecular weight excluding hydrogens is 422 g/mol. The molecule has 1 aromatic carbocycles. The maximum absolute atomic E-state index is 12.5. The second-order valence-electron chi connectivity index (χ2n) is 7.29. The lowest BCUT2D eigenvalue weighted by Crippen LogP contribution is -2.35. The predicted molar refractivity (Wildman–Crippen MR) is 112 cm³/mol. The molecule has 0 bridgehead atoms. The maximum Gasteiger partial charge on any atom is 0.306 e. The van der Waals surface area contributed by atoms with Gasteiger partial charge in [-0.15, -0.1) is 0 Å². The number of morpholine rings is 1. The summed E-state index contributed by atoms with van der Waals surface area (Å²) in [5.41, 5.74) is -0.203. The van der Waals surface area contributed by atoms with E-state index in [-0.39, 0.29) is 29.4 Å². The van der Waals surface area contributed by atoms with Crippen molar-refractivity contribution in [3.05, 3.63) is 45.5 Å². The third-order valence-corrected chi connectivity index (χ3v) is 5.30. The molecule has 0 unspecified atom stereocenters. The summed E-state index contributed by atoms with van der Waals surface area (Å²) >= 11 is 0. The van der Waals surface area contributed by atoms with Gasteiger partial charge < -0.3 is 33.6 Å². The summed E-state index contributed by atoms with van der Waals surface area (Å²) in [6, 6.07) is 4.21. The van der Waals surface area contributed by atoms with Crippen molar-refractivity contribution in [1.29, 1.82) is 0 Å². The average molecular weight is 449 g/mol. The Hall–Kier alpha value is -3.24. The minimum absolute atomic E-state index is 0.0824. The molecule has 1 aromatic heterocycles. The minimum Gasteiger partial charge on any atom is -0.502 e. The van der Waals surface area contributed by atoms with Gasteiger partial charge in [-0.2, -0.15) is 0 Å². The molecule has 1 aliphatic rings. The molecular formula is C22H27NO9. The van der Waals surface area contributed by atoms with Crippen LogP contribution in [-0.4, -0.2) is 68.7 Å². The molecule has 1 aliphatic heterocycles. The molecule has 1 atom stereocenters. The van der Waals surface area contributed by atoms with E-state index in [1.54, 1.807) is 0 Å². The molecule has 0 aliphatic carbocycles. The highest BCUT2D eigenvalue weighted by molar-refractivity contribution is 5.71. The molecule has 2 aromatic rings. The monoisotopic (exact) mass is 449 g/mol. The number of aromatic hydroxyl groups is 2. The van der Waals surface area contributed by atoms with E-state index in [1.165, 1.54) is 39.5 Å². The number of phenolic OH excluding ortho intramolecular Hbond substituents is 1. The number of esters is 1. The number of methoxy groups -OCH3 is 3. The van der Waals surface area contributed by atoms with E-state index in [1.807, 2.05) is 0 Å². The van der Waals surface area contributed by atoms with Gasteiger partial charge in [0.2, 0.25) is 16.9 Å². The summed E-state index contributed by atoms with van der Waals surface area (Å²) in [4.78, 5) is 26.8. The largest absolute Gasteiger partial charge is 0.502 e. The first-order chi connectivity index (χ1) is 15.4. The summed E-state index contributed by atoms with van der Waals surface area (Å²) in [5, 5.41) is 20.8. The van der Waals surface area contributed by atoms with Gasteiger partial charge in [0.1, 0.15) is 5.76 Å². The number of hydrogen-bond acceptors (Lipinski definition) is 10. The first kappa shape index (κ1) is 23.4. The molecule has 0 radical (unpaired) electrons. The van der Waals surface area contributed by atoms with Gasteiger partial charge >= 0.3 is 5.97 Å². The molecule has 2 N–H and O–H groups in total. The molecule has 174 valence electrons. The van der Waals surface area contributed by atoms with Gasteiger partial charge in [0, 0.05) is 19.2 Å². The Morgan fingerprint density at radius 2 is 1.69 bits per heavy atom. The summed E-state index contributed by atoms with van der Waals surface area (Å²) < 4.78 is 26.5. The zero-order chi connectivity index (χ0) is 23.3. The molecule has 0 amide bonds. The van der Waals surface area contributed by atoms with Crippen molar-refractivity contribution in [1.82, 2.24) is 4.90 Å². The molecule has 0 spiro atoms. The Morgan fingerprint density at radius 1 is 1.06 bits per heavy atom. The first-order valence-corrected chi connectivity index (χ1v) is 10.1. The number of rotatable bonds is 8. The van der Waals surface area contributed by atoms with Crippen LogP contribution in [0.5, 0.6) is 23.0 Å². The minimum atomic E-state index is -0.900. The highest BCUT2D eigenvalue weighted by Gasteiger charge is 2.29. The van der Waals surface area contributed by atoms with E-state index in [9.17, 15) is 19.8 Å². The van der Waals surface area contributed by atoms with Gasteiger partial charge in [0.15, 0.2) is 17.3 Å². The van der Waals surface area contributed by atoms with Gasteiger partial charge in [-0.05, 0) is 17.7 Å². The van der Waals surface area contributed by atoms with Crippen molar-refractivity contribution >= 4 is 5.97 Å². The van der Waals surface area contributed by atoms with Crippen LogP contribution in [0.1, 0.15) is 29.4 Å². The van der Waals surface area contributed by atoms with Crippen molar-refractivity contribution in [3.8, 4) is 23.0 Å². The van der Waals surface area contributed by atoms with Crippen LogP contribution in [0, 0.1) is 0 Å². The molecule has 3 rings (SSSR count). The van der Waals surface area contributed by atoms with Gasteiger partial charge in [0.05, 0.1) is 53.4 Å². The Kier molecular flexibility index (Phi) is 7.60. The first-order valence-electron chi connectivity index (χ1n) is 10.1. The second-order valence-corrected chi connectivity index (χ2v) is 7.29. The maximum atomic E-state index is 12.5. The van der Waals surface area contributed by atoms with Crippen LogP contribution < -0.4 is 14.9 Å². The lowest BCUT2D eigenvalue weighted by molar-refractivity contribution is -0.140. The highest BCUT2D eigenvalue weighted by atomic mass is 16.5. The number of ether oxygens (including phenoxy) is 4. The fourth-order valence-electron chi connectivity index (χ4n) is 3.58. The van der Waals surface area contributed by atoms with Gasteiger partial charge in [0.25, 0.3) is 0 Å². The molecule has 1 saturated heterocycles. The Morgan fingerprint density at radius 3 is 2.25 bits per heavy atom. The van der Waals surface area contributed by atoms with E-state index < -0.39 is 23.1 Å². The van der Waals surface area contributed by atoms with Crippen LogP contribution >= 0.6 is 0 Å².